The standard InChI is InChI=1S/C17H26N4O2/c1-14(22)20-10-3-2-6-15(20)12-17(23)19-9-4-7-16(13-19)21-11-5-8-18-21/h5,8,11,15-16H,2-4,6-7,9-10,12-13H2,1H3/t15-,16-/m1/s1. The van der Waals surface area contributed by atoms with Gasteiger partial charge >= 0.3 is 0 Å². The summed E-state index contributed by atoms with van der Waals surface area (Å²) >= 11 is 0. The van der Waals surface area contributed by atoms with Crippen LogP contribution in [0.5, 0.6) is 0 Å². The first-order valence-electron chi connectivity index (χ1n) is 8.69. The molecule has 1 aromatic rings. The van der Waals surface area contributed by atoms with Crippen molar-refractivity contribution < 1.29 is 9.59 Å². The molecule has 0 saturated carbocycles. The molecule has 0 spiro atoms. The molecule has 2 amide bonds. The van der Waals surface area contributed by atoms with Crippen molar-refractivity contribution in [1.82, 2.24) is 19.6 Å². The topological polar surface area (TPSA) is 58.4 Å². The first-order valence-corrected chi connectivity index (χ1v) is 8.69. The van der Waals surface area contributed by atoms with Gasteiger partial charge in [-0.15, -0.1) is 0 Å². The first-order chi connectivity index (χ1) is 11.1. The highest BCUT2D eigenvalue weighted by Gasteiger charge is 2.30. The van der Waals surface area contributed by atoms with E-state index in [2.05, 4.69) is 5.10 Å². The summed E-state index contributed by atoms with van der Waals surface area (Å²) in [5.41, 5.74) is 0. The number of rotatable bonds is 3. The number of hydrogen-bond acceptors (Lipinski definition) is 3. The smallest absolute Gasteiger partial charge is 0.224 e. The number of aromatic nitrogens is 2. The summed E-state index contributed by atoms with van der Waals surface area (Å²) in [7, 11) is 0. The highest BCUT2D eigenvalue weighted by atomic mass is 16.2. The number of piperidine rings is 2. The summed E-state index contributed by atoms with van der Waals surface area (Å²) in [5, 5.41) is 4.31. The Morgan fingerprint density at radius 2 is 2.04 bits per heavy atom. The van der Waals surface area contributed by atoms with Gasteiger partial charge in [-0.05, 0) is 38.2 Å². The molecular formula is C17H26N4O2. The molecule has 2 saturated heterocycles. The molecule has 1 aromatic heterocycles. The maximum Gasteiger partial charge on any atom is 0.224 e. The molecular weight excluding hydrogens is 292 g/mol. The predicted octanol–water partition coefficient (Wildman–Crippen LogP) is 1.84. The molecule has 6 heteroatoms. The largest absolute Gasteiger partial charge is 0.340 e. The molecule has 0 bridgehead atoms. The number of hydrogen-bond donors (Lipinski definition) is 0. The van der Waals surface area contributed by atoms with Gasteiger partial charge in [0, 0.05) is 51.4 Å². The van der Waals surface area contributed by atoms with Crippen molar-refractivity contribution in [2.75, 3.05) is 19.6 Å². The van der Waals surface area contributed by atoms with Crippen LogP contribution >= 0.6 is 0 Å². The van der Waals surface area contributed by atoms with Crippen molar-refractivity contribution in [2.45, 2.75) is 57.5 Å². The minimum atomic E-state index is 0.0822. The van der Waals surface area contributed by atoms with E-state index in [0.29, 0.717) is 6.42 Å². The van der Waals surface area contributed by atoms with E-state index in [0.717, 1.165) is 51.7 Å². The molecule has 2 aliphatic rings. The fourth-order valence-electron chi connectivity index (χ4n) is 3.85. The maximum absolute atomic E-state index is 12.7. The average Bonchev–Trinajstić information content (AvgIpc) is 3.10. The fourth-order valence-corrected chi connectivity index (χ4v) is 3.85. The Balaban J connectivity index is 1.60. The molecule has 0 unspecified atom stereocenters. The second-order valence-electron chi connectivity index (χ2n) is 6.69. The molecule has 0 N–H and O–H groups in total. The third-order valence-electron chi connectivity index (χ3n) is 5.09. The van der Waals surface area contributed by atoms with Crippen LogP contribution in [0.2, 0.25) is 0 Å². The van der Waals surface area contributed by atoms with E-state index in [-0.39, 0.29) is 23.9 Å². The van der Waals surface area contributed by atoms with Crippen LogP contribution in [0.25, 0.3) is 0 Å². The van der Waals surface area contributed by atoms with Gasteiger partial charge in [-0.1, -0.05) is 0 Å². The van der Waals surface area contributed by atoms with E-state index in [1.807, 2.05) is 26.7 Å². The Labute approximate surface area is 137 Å². The highest BCUT2D eigenvalue weighted by molar-refractivity contribution is 5.79. The Morgan fingerprint density at radius 1 is 1.17 bits per heavy atom. The van der Waals surface area contributed by atoms with Crippen LogP contribution in [0.15, 0.2) is 18.5 Å². The molecule has 2 aliphatic heterocycles. The molecule has 0 radical (unpaired) electrons. The van der Waals surface area contributed by atoms with E-state index < -0.39 is 0 Å². The minimum Gasteiger partial charge on any atom is -0.340 e. The number of likely N-dealkylation sites (tertiary alicyclic amines) is 2. The van der Waals surface area contributed by atoms with E-state index in [9.17, 15) is 9.59 Å². The predicted molar refractivity (Wildman–Crippen MR) is 86.7 cm³/mol. The third kappa shape index (κ3) is 3.74. The van der Waals surface area contributed by atoms with Crippen LogP contribution in [0, 0.1) is 0 Å². The van der Waals surface area contributed by atoms with Gasteiger partial charge in [-0.3, -0.25) is 14.3 Å². The van der Waals surface area contributed by atoms with E-state index >= 15 is 0 Å². The van der Waals surface area contributed by atoms with Crippen molar-refractivity contribution in [3.05, 3.63) is 18.5 Å². The quantitative estimate of drug-likeness (QED) is 0.854. The Hall–Kier alpha value is -1.85. The zero-order valence-corrected chi connectivity index (χ0v) is 13.9. The first kappa shape index (κ1) is 16.0. The Bertz CT molecular complexity index is 543. The fraction of sp³-hybridized carbons (Fsp3) is 0.706. The lowest BCUT2D eigenvalue weighted by Gasteiger charge is -2.38. The minimum absolute atomic E-state index is 0.0822. The summed E-state index contributed by atoms with van der Waals surface area (Å²) in [5.74, 6) is 0.274. The molecule has 0 aromatic carbocycles. The third-order valence-corrected chi connectivity index (χ3v) is 5.09. The lowest BCUT2D eigenvalue weighted by Crippen LogP contribution is -2.47. The van der Waals surface area contributed by atoms with Crippen molar-refractivity contribution in [3.8, 4) is 0 Å². The molecule has 23 heavy (non-hydrogen) atoms. The molecule has 126 valence electrons. The van der Waals surface area contributed by atoms with Crippen LogP contribution in [0.3, 0.4) is 0 Å². The van der Waals surface area contributed by atoms with Crippen molar-refractivity contribution in [3.63, 3.8) is 0 Å². The summed E-state index contributed by atoms with van der Waals surface area (Å²) in [6.07, 6.45) is 9.40. The van der Waals surface area contributed by atoms with E-state index in [1.54, 1.807) is 13.1 Å². The normalized spacial score (nSPS) is 25.4. The number of carbonyl (C=O) groups is 2. The second-order valence-corrected chi connectivity index (χ2v) is 6.69. The van der Waals surface area contributed by atoms with Gasteiger partial charge in [0.15, 0.2) is 0 Å². The van der Waals surface area contributed by atoms with Gasteiger partial charge in [0.05, 0.1) is 6.04 Å². The van der Waals surface area contributed by atoms with Crippen LogP contribution in [0.1, 0.15) is 51.5 Å². The van der Waals surface area contributed by atoms with Crippen LogP contribution in [-0.4, -0.2) is 57.1 Å². The Morgan fingerprint density at radius 3 is 2.78 bits per heavy atom. The zero-order chi connectivity index (χ0) is 16.2. The van der Waals surface area contributed by atoms with Gasteiger partial charge in [0.1, 0.15) is 0 Å². The summed E-state index contributed by atoms with van der Waals surface area (Å²) in [6.45, 7) is 3.96. The van der Waals surface area contributed by atoms with Gasteiger partial charge < -0.3 is 9.80 Å². The van der Waals surface area contributed by atoms with E-state index in [1.165, 1.54) is 0 Å². The SMILES string of the molecule is CC(=O)N1CCCC[C@@H]1CC(=O)N1CCC[C@@H](n2cccn2)C1. The molecule has 3 rings (SSSR count). The van der Waals surface area contributed by atoms with E-state index in [4.69, 9.17) is 0 Å². The lowest BCUT2D eigenvalue weighted by atomic mass is 9.97. The number of amides is 2. The number of nitrogens with zero attached hydrogens (tertiary/aromatic N) is 4. The van der Waals surface area contributed by atoms with Crippen molar-refractivity contribution in [2.24, 2.45) is 0 Å². The van der Waals surface area contributed by atoms with Gasteiger partial charge in [-0.25, -0.2) is 0 Å². The molecule has 2 fully saturated rings. The van der Waals surface area contributed by atoms with Gasteiger partial charge in [0.25, 0.3) is 0 Å². The second kappa shape index (κ2) is 7.15. The summed E-state index contributed by atoms with van der Waals surface area (Å²) < 4.78 is 1.96. The Kier molecular flexibility index (Phi) is 4.98. The average molecular weight is 318 g/mol. The van der Waals surface area contributed by atoms with Crippen molar-refractivity contribution >= 4 is 11.8 Å². The van der Waals surface area contributed by atoms with Gasteiger partial charge in [0.2, 0.25) is 11.8 Å². The zero-order valence-electron chi connectivity index (χ0n) is 13.9. The van der Waals surface area contributed by atoms with Gasteiger partial charge in [-0.2, -0.15) is 5.10 Å². The van der Waals surface area contributed by atoms with Crippen molar-refractivity contribution in [1.29, 1.82) is 0 Å². The van der Waals surface area contributed by atoms with Crippen LogP contribution in [0.4, 0.5) is 0 Å². The maximum atomic E-state index is 12.7. The molecule has 3 heterocycles. The monoisotopic (exact) mass is 318 g/mol. The van der Waals surface area contributed by atoms with Crippen LogP contribution < -0.4 is 0 Å². The molecule has 2 atom stereocenters. The molecule has 6 nitrogen and oxygen atoms in total. The van der Waals surface area contributed by atoms with Crippen LogP contribution in [-0.2, 0) is 9.59 Å². The highest BCUT2D eigenvalue weighted by Crippen LogP contribution is 2.24. The summed E-state index contributed by atoms with van der Waals surface area (Å²) in [4.78, 5) is 28.3. The lowest BCUT2D eigenvalue weighted by molar-refractivity contribution is -0.138. The number of carbonyl (C=O) groups excluding carboxylic acids is 2. The molecule has 0 aliphatic carbocycles. The summed E-state index contributed by atoms with van der Waals surface area (Å²) in [6, 6.07) is 2.28.